The van der Waals surface area contributed by atoms with Gasteiger partial charge in [0.15, 0.2) is 11.6 Å². The Balaban J connectivity index is 1.37. The number of amides is 2. The van der Waals surface area contributed by atoms with Crippen molar-refractivity contribution >= 4 is 23.8 Å². The fourth-order valence-corrected chi connectivity index (χ4v) is 5.33. The van der Waals surface area contributed by atoms with Gasteiger partial charge >= 0.3 is 12.1 Å². The van der Waals surface area contributed by atoms with Crippen LogP contribution in [0.25, 0.3) is 0 Å². The highest BCUT2D eigenvalue weighted by Gasteiger charge is 2.36. The Morgan fingerprint density at radius 2 is 1.93 bits per heavy atom. The van der Waals surface area contributed by atoms with Gasteiger partial charge in [-0.1, -0.05) is 12.1 Å². The molecule has 1 aliphatic heterocycles. The Kier molecular flexibility index (Phi) is 9.50. The van der Waals surface area contributed by atoms with Gasteiger partial charge in [0.2, 0.25) is 5.91 Å². The van der Waals surface area contributed by atoms with Gasteiger partial charge in [-0.3, -0.25) is 14.5 Å². The Bertz CT molecular complexity index is 1270. The molecule has 1 fully saturated rings. The van der Waals surface area contributed by atoms with Crippen molar-refractivity contribution < 1.29 is 33.0 Å². The van der Waals surface area contributed by atoms with Crippen molar-refractivity contribution in [3.8, 4) is 5.75 Å². The van der Waals surface area contributed by atoms with Crippen LogP contribution in [-0.4, -0.2) is 48.8 Å². The van der Waals surface area contributed by atoms with Crippen molar-refractivity contribution in [2.24, 2.45) is 11.8 Å². The van der Waals surface area contributed by atoms with E-state index < -0.39 is 29.5 Å². The van der Waals surface area contributed by atoms with Gasteiger partial charge in [0, 0.05) is 18.2 Å². The zero-order chi connectivity index (χ0) is 29.7. The quantitative estimate of drug-likeness (QED) is 0.409. The maximum absolute atomic E-state index is 14.4. The number of hydrogen-bond donors (Lipinski definition) is 1. The number of pyridine rings is 1. The molecule has 2 amide bonds. The molecule has 1 saturated carbocycles. The molecule has 9 nitrogen and oxygen atoms in total. The van der Waals surface area contributed by atoms with Crippen molar-refractivity contribution in [2.45, 2.75) is 77.9 Å². The number of methoxy groups -OCH3 is 1. The molecule has 2 heterocycles. The molecule has 2 aliphatic rings. The largest absolute Gasteiger partial charge is 0.494 e. The molecule has 41 heavy (non-hydrogen) atoms. The molecule has 1 aromatic heterocycles. The molecule has 2 aromatic rings. The molecule has 0 radical (unpaired) electrons. The highest BCUT2D eigenvalue weighted by Crippen LogP contribution is 2.38. The second kappa shape index (κ2) is 12.9. The Morgan fingerprint density at radius 1 is 1.17 bits per heavy atom. The average molecular weight is 570 g/mol. The van der Waals surface area contributed by atoms with Crippen LogP contribution in [0.5, 0.6) is 5.75 Å². The summed E-state index contributed by atoms with van der Waals surface area (Å²) in [6.45, 7) is 8.02. The zero-order valence-electron chi connectivity index (χ0n) is 24.5. The summed E-state index contributed by atoms with van der Waals surface area (Å²) in [7, 11) is 1.37. The number of hydrogen-bond acceptors (Lipinski definition) is 7. The third-order valence-corrected chi connectivity index (χ3v) is 7.39. The van der Waals surface area contributed by atoms with Crippen LogP contribution in [0.15, 0.2) is 30.3 Å². The van der Waals surface area contributed by atoms with E-state index in [0.717, 1.165) is 24.1 Å². The SMILES string of the molecule is CCOC(=O)CC(NC(=O)C1CC(Cc2ccc3c(n2)N(C(=O)OC(C)(C)C)CCC3)C1)c1ccc(OC)c(F)c1. The Morgan fingerprint density at radius 3 is 2.59 bits per heavy atom. The number of rotatable bonds is 9. The van der Waals surface area contributed by atoms with Crippen LogP contribution in [0.3, 0.4) is 0 Å². The number of benzene rings is 1. The van der Waals surface area contributed by atoms with Gasteiger partial charge in [0.25, 0.3) is 0 Å². The van der Waals surface area contributed by atoms with E-state index >= 15 is 0 Å². The summed E-state index contributed by atoms with van der Waals surface area (Å²) in [5.74, 6) is -0.437. The molecule has 1 aromatic carbocycles. The third kappa shape index (κ3) is 7.74. The minimum atomic E-state index is -0.720. The maximum Gasteiger partial charge on any atom is 0.416 e. The van der Waals surface area contributed by atoms with Gasteiger partial charge in [-0.2, -0.15) is 0 Å². The van der Waals surface area contributed by atoms with E-state index in [-0.39, 0.29) is 36.5 Å². The van der Waals surface area contributed by atoms with E-state index in [1.807, 2.05) is 32.9 Å². The van der Waals surface area contributed by atoms with Crippen molar-refractivity contribution in [1.29, 1.82) is 0 Å². The predicted octanol–water partition coefficient (Wildman–Crippen LogP) is 5.30. The van der Waals surface area contributed by atoms with Gasteiger partial charge in [-0.05, 0) is 95.0 Å². The van der Waals surface area contributed by atoms with E-state index in [4.69, 9.17) is 19.2 Å². The molecule has 1 atom stereocenters. The highest BCUT2D eigenvalue weighted by atomic mass is 19.1. The van der Waals surface area contributed by atoms with Gasteiger partial charge in [0.05, 0.1) is 26.2 Å². The van der Waals surface area contributed by atoms with E-state index in [9.17, 15) is 18.8 Å². The first-order valence-electron chi connectivity index (χ1n) is 14.3. The lowest BCUT2D eigenvalue weighted by atomic mass is 9.72. The molecular weight excluding hydrogens is 529 g/mol. The van der Waals surface area contributed by atoms with Gasteiger partial charge in [-0.25, -0.2) is 14.2 Å². The monoisotopic (exact) mass is 569 g/mol. The van der Waals surface area contributed by atoms with Crippen LogP contribution in [0, 0.1) is 17.7 Å². The van der Waals surface area contributed by atoms with E-state index in [1.165, 1.54) is 19.2 Å². The number of carbonyl (C=O) groups excluding carboxylic acids is 3. The first-order valence-corrected chi connectivity index (χ1v) is 14.3. The van der Waals surface area contributed by atoms with Crippen LogP contribution in [0.1, 0.15) is 76.2 Å². The number of esters is 1. The third-order valence-electron chi connectivity index (χ3n) is 7.39. The van der Waals surface area contributed by atoms with E-state index in [2.05, 4.69) is 5.32 Å². The van der Waals surface area contributed by atoms with Crippen LogP contribution in [0.4, 0.5) is 15.0 Å². The number of aromatic nitrogens is 1. The molecule has 0 bridgehead atoms. The maximum atomic E-state index is 14.4. The Hall–Kier alpha value is -3.69. The molecule has 0 saturated heterocycles. The standard InChI is InChI=1S/C31H40FN3O6/c1-6-40-27(36)18-25(21-10-12-26(39-5)24(32)17-21)34-29(37)22-14-19(15-22)16-23-11-9-20-8-7-13-35(28(20)33-23)30(38)41-31(2,3)4/h9-12,17,19,22,25H,6-8,13-16,18H2,1-5H3,(H,34,37). The summed E-state index contributed by atoms with van der Waals surface area (Å²) in [6.07, 6.45) is 3.25. The minimum absolute atomic E-state index is 0.0850. The lowest BCUT2D eigenvalue weighted by molar-refractivity contribution is -0.144. The van der Waals surface area contributed by atoms with Crippen molar-refractivity contribution in [1.82, 2.24) is 10.3 Å². The Labute approximate surface area is 240 Å². The number of anilines is 1. The molecule has 4 rings (SSSR count). The molecule has 222 valence electrons. The number of halogens is 1. The summed E-state index contributed by atoms with van der Waals surface area (Å²) < 4.78 is 30.0. The van der Waals surface area contributed by atoms with Gasteiger partial charge in [0.1, 0.15) is 11.4 Å². The number of carbonyl (C=O) groups is 3. The summed E-state index contributed by atoms with van der Waals surface area (Å²) in [5.41, 5.74) is 1.77. The molecule has 10 heteroatoms. The first-order chi connectivity index (χ1) is 19.5. The molecule has 1 N–H and O–H groups in total. The summed E-state index contributed by atoms with van der Waals surface area (Å²) in [5, 5.41) is 2.93. The van der Waals surface area contributed by atoms with Crippen LogP contribution in [0.2, 0.25) is 0 Å². The van der Waals surface area contributed by atoms with Crippen molar-refractivity contribution in [3.05, 3.63) is 53.0 Å². The molecular formula is C31H40FN3O6. The van der Waals surface area contributed by atoms with Crippen molar-refractivity contribution in [2.75, 3.05) is 25.2 Å². The predicted molar refractivity (Wildman–Crippen MR) is 151 cm³/mol. The summed E-state index contributed by atoms with van der Waals surface area (Å²) in [4.78, 5) is 44.6. The van der Waals surface area contributed by atoms with Crippen LogP contribution in [-0.2, 0) is 31.9 Å². The second-order valence-electron chi connectivity index (χ2n) is 11.7. The van der Waals surface area contributed by atoms with Crippen molar-refractivity contribution in [3.63, 3.8) is 0 Å². The van der Waals surface area contributed by atoms with E-state index in [0.29, 0.717) is 37.2 Å². The number of nitrogens with one attached hydrogen (secondary N) is 1. The number of ether oxygens (including phenoxy) is 3. The smallest absolute Gasteiger partial charge is 0.416 e. The number of fused-ring (bicyclic) bond motifs is 1. The lowest BCUT2D eigenvalue weighted by Gasteiger charge is -2.35. The number of nitrogens with zero attached hydrogens (tertiary/aromatic N) is 2. The second-order valence-corrected chi connectivity index (χ2v) is 11.7. The molecule has 1 aliphatic carbocycles. The molecule has 0 spiro atoms. The van der Waals surface area contributed by atoms with Crippen LogP contribution >= 0.6 is 0 Å². The summed E-state index contributed by atoms with van der Waals surface area (Å²) in [6, 6.07) is 7.70. The summed E-state index contributed by atoms with van der Waals surface area (Å²) >= 11 is 0. The van der Waals surface area contributed by atoms with Gasteiger partial charge in [-0.15, -0.1) is 0 Å². The minimum Gasteiger partial charge on any atom is -0.494 e. The number of aryl methyl sites for hydroxylation is 1. The molecule has 1 unspecified atom stereocenters. The normalized spacial score (nSPS) is 18.9. The zero-order valence-corrected chi connectivity index (χ0v) is 24.5. The highest BCUT2D eigenvalue weighted by molar-refractivity contribution is 5.88. The van der Waals surface area contributed by atoms with E-state index in [1.54, 1.807) is 17.9 Å². The average Bonchev–Trinajstić information content (AvgIpc) is 2.88. The van der Waals surface area contributed by atoms with Crippen LogP contribution < -0.4 is 15.0 Å². The topological polar surface area (TPSA) is 107 Å². The van der Waals surface area contributed by atoms with Gasteiger partial charge < -0.3 is 19.5 Å². The first kappa shape index (κ1) is 30.3. The lowest BCUT2D eigenvalue weighted by Crippen LogP contribution is -2.42. The fourth-order valence-electron chi connectivity index (χ4n) is 5.33. The fraction of sp³-hybridized carbons (Fsp3) is 0.548.